The largest absolute Gasteiger partial charge is 0.354 e. The van der Waals surface area contributed by atoms with E-state index < -0.39 is 0 Å². The molecule has 23 heavy (non-hydrogen) atoms. The molecular weight excluding hydrogens is 352 g/mol. The Morgan fingerprint density at radius 1 is 1.39 bits per heavy atom. The van der Waals surface area contributed by atoms with Gasteiger partial charge in [-0.25, -0.2) is 9.97 Å². The number of carbonyl (C=O) groups excluding carboxylic acids is 1. The monoisotopic (exact) mass is 374 g/mol. The molecule has 2 N–H and O–H groups in total. The molecular formula is C15H23ClN4OS2. The normalized spacial score (nSPS) is 12.0. The molecule has 0 aliphatic heterocycles. The van der Waals surface area contributed by atoms with Gasteiger partial charge >= 0.3 is 0 Å². The summed E-state index contributed by atoms with van der Waals surface area (Å²) in [7, 11) is 0. The fourth-order valence-corrected chi connectivity index (χ4v) is 4.08. The summed E-state index contributed by atoms with van der Waals surface area (Å²) in [5, 5.41) is 8.19. The number of carbonyl (C=O) groups is 1. The Bertz CT molecular complexity index is 662. The molecule has 1 atom stereocenters. The third-order valence-electron chi connectivity index (χ3n) is 3.43. The molecule has 2 aromatic rings. The number of hydrogen-bond donors (Lipinski definition) is 2. The van der Waals surface area contributed by atoms with Crippen molar-refractivity contribution in [2.24, 2.45) is 0 Å². The van der Waals surface area contributed by atoms with Gasteiger partial charge in [0.2, 0.25) is 5.91 Å². The van der Waals surface area contributed by atoms with Gasteiger partial charge in [0, 0.05) is 22.8 Å². The number of aromatic nitrogens is 2. The fourth-order valence-electron chi connectivity index (χ4n) is 2.13. The maximum absolute atomic E-state index is 12.0. The molecule has 0 aromatic carbocycles. The first kappa shape index (κ1) is 20.2. The van der Waals surface area contributed by atoms with Crippen LogP contribution in [0.25, 0.3) is 10.2 Å². The number of halogens is 1. The van der Waals surface area contributed by atoms with Crippen LogP contribution in [0.15, 0.2) is 11.4 Å². The molecule has 2 aromatic heterocycles. The van der Waals surface area contributed by atoms with Gasteiger partial charge in [-0.05, 0) is 32.9 Å². The Morgan fingerprint density at radius 3 is 2.83 bits per heavy atom. The second kappa shape index (κ2) is 9.42. The number of fused-ring (bicyclic) bond motifs is 1. The fraction of sp³-hybridized carbons (Fsp3) is 0.533. The van der Waals surface area contributed by atoms with Crippen LogP contribution >= 0.6 is 35.5 Å². The Balaban J connectivity index is 0.00000264. The number of hydrogen-bond acceptors (Lipinski definition) is 6. The van der Waals surface area contributed by atoms with Gasteiger partial charge in [-0.1, -0.05) is 18.7 Å². The molecule has 0 unspecified atom stereocenters. The van der Waals surface area contributed by atoms with Crippen LogP contribution in [0, 0.1) is 13.8 Å². The van der Waals surface area contributed by atoms with Crippen molar-refractivity contribution in [3.8, 4) is 0 Å². The Labute approximate surface area is 151 Å². The van der Waals surface area contributed by atoms with E-state index in [-0.39, 0.29) is 24.4 Å². The summed E-state index contributed by atoms with van der Waals surface area (Å²) in [6, 6.07) is 0.284. The lowest BCUT2D eigenvalue weighted by molar-refractivity contribution is -0.118. The van der Waals surface area contributed by atoms with Crippen molar-refractivity contribution in [3.63, 3.8) is 0 Å². The van der Waals surface area contributed by atoms with Gasteiger partial charge in [0.15, 0.2) is 0 Å². The predicted octanol–water partition coefficient (Wildman–Crippen LogP) is 2.94. The topological polar surface area (TPSA) is 66.9 Å². The van der Waals surface area contributed by atoms with Crippen molar-refractivity contribution in [1.29, 1.82) is 0 Å². The van der Waals surface area contributed by atoms with E-state index in [2.05, 4.69) is 48.3 Å². The van der Waals surface area contributed by atoms with Gasteiger partial charge in [-0.2, -0.15) is 0 Å². The first-order valence-corrected chi connectivity index (χ1v) is 9.16. The van der Waals surface area contributed by atoms with Gasteiger partial charge in [0.1, 0.15) is 16.2 Å². The van der Waals surface area contributed by atoms with E-state index in [1.807, 2.05) is 0 Å². The van der Waals surface area contributed by atoms with E-state index in [1.165, 1.54) is 22.2 Å². The molecule has 0 radical (unpaired) electrons. The third-order valence-corrected chi connectivity index (χ3v) is 5.53. The Hall–Kier alpha value is -0.890. The van der Waals surface area contributed by atoms with E-state index in [9.17, 15) is 4.79 Å². The van der Waals surface area contributed by atoms with Crippen LogP contribution in [0.1, 0.15) is 24.3 Å². The average molecular weight is 375 g/mol. The van der Waals surface area contributed by atoms with E-state index in [0.717, 1.165) is 21.8 Å². The smallest absolute Gasteiger partial charge is 0.230 e. The summed E-state index contributed by atoms with van der Waals surface area (Å²) in [4.78, 5) is 22.9. The SMILES string of the molecule is CCN[C@H](C)CNC(=O)CSc1ncnc2sc(C)c(C)c12.Cl. The van der Waals surface area contributed by atoms with Crippen molar-refractivity contribution in [1.82, 2.24) is 20.6 Å². The van der Waals surface area contributed by atoms with Crippen LogP contribution in [-0.4, -0.2) is 40.8 Å². The second-order valence-corrected chi connectivity index (χ2v) is 7.36. The maximum atomic E-state index is 12.0. The maximum Gasteiger partial charge on any atom is 0.230 e. The van der Waals surface area contributed by atoms with Gasteiger partial charge in [-0.3, -0.25) is 4.79 Å². The number of nitrogens with one attached hydrogen (secondary N) is 2. The zero-order chi connectivity index (χ0) is 16.1. The lowest BCUT2D eigenvalue weighted by atomic mass is 10.2. The highest BCUT2D eigenvalue weighted by Gasteiger charge is 2.13. The molecule has 8 heteroatoms. The minimum atomic E-state index is 0. The average Bonchev–Trinajstić information content (AvgIpc) is 2.79. The van der Waals surface area contributed by atoms with Gasteiger partial charge in [0.25, 0.3) is 0 Å². The predicted molar refractivity (Wildman–Crippen MR) is 101 cm³/mol. The van der Waals surface area contributed by atoms with Crippen molar-refractivity contribution in [2.75, 3.05) is 18.8 Å². The molecule has 0 fully saturated rings. The number of nitrogens with zero attached hydrogens (tertiary/aromatic N) is 2. The van der Waals surface area contributed by atoms with E-state index in [0.29, 0.717) is 12.3 Å². The Morgan fingerprint density at radius 2 is 2.13 bits per heavy atom. The van der Waals surface area contributed by atoms with Crippen molar-refractivity contribution < 1.29 is 4.79 Å². The molecule has 0 saturated carbocycles. The lowest BCUT2D eigenvalue weighted by Gasteiger charge is -2.13. The highest BCUT2D eigenvalue weighted by molar-refractivity contribution is 8.00. The van der Waals surface area contributed by atoms with E-state index in [1.54, 1.807) is 17.7 Å². The highest BCUT2D eigenvalue weighted by atomic mass is 35.5. The van der Waals surface area contributed by atoms with Crippen molar-refractivity contribution >= 4 is 51.6 Å². The van der Waals surface area contributed by atoms with Crippen LogP contribution in [-0.2, 0) is 4.79 Å². The molecule has 0 bridgehead atoms. The summed E-state index contributed by atoms with van der Waals surface area (Å²) >= 11 is 3.15. The molecule has 5 nitrogen and oxygen atoms in total. The first-order chi connectivity index (χ1) is 10.5. The summed E-state index contributed by atoms with van der Waals surface area (Å²) in [5.74, 6) is 0.408. The molecule has 2 heterocycles. The summed E-state index contributed by atoms with van der Waals surface area (Å²) < 4.78 is 0. The van der Waals surface area contributed by atoms with E-state index in [4.69, 9.17) is 0 Å². The number of likely N-dealkylation sites (N-methyl/N-ethyl adjacent to an activating group) is 1. The molecule has 0 saturated heterocycles. The summed E-state index contributed by atoms with van der Waals surface area (Å²) in [6.07, 6.45) is 1.57. The molecule has 128 valence electrons. The molecule has 0 aliphatic carbocycles. The highest BCUT2D eigenvalue weighted by Crippen LogP contribution is 2.34. The number of rotatable bonds is 7. The van der Waals surface area contributed by atoms with Gasteiger partial charge < -0.3 is 10.6 Å². The molecule has 1 amide bonds. The summed E-state index contributed by atoms with van der Waals surface area (Å²) in [6.45, 7) is 9.83. The second-order valence-electron chi connectivity index (χ2n) is 5.19. The van der Waals surface area contributed by atoms with Gasteiger partial charge in [0.05, 0.1) is 5.75 Å². The minimum absolute atomic E-state index is 0. The standard InChI is InChI=1S/C15H22N4OS2.ClH/c1-5-16-9(2)6-17-12(20)7-21-14-13-10(3)11(4)22-15(13)19-8-18-14;/h8-9,16H,5-7H2,1-4H3,(H,17,20);1H/t9-;/m1./s1. The van der Waals surface area contributed by atoms with Crippen molar-refractivity contribution in [3.05, 3.63) is 16.8 Å². The number of thiophene rings is 1. The number of amides is 1. The molecule has 0 aliphatic rings. The van der Waals surface area contributed by atoms with Gasteiger partial charge in [-0.15, -0.1) is 23.7 Å². The first-order valence-electron chi connectivity index (χ1n) is 7.36. The van der Waals surface area contributed by atoms with E-state index >= 15 is 0 Å². The minimum Gasteiger partial charge on any atom is -0.354 e. The number of thioether (sulfide) groups is 1. The van der Waals surface area contributed by atoms with Crippen LogP contribution in [0.4, 0.5) is 0 Å². The van der Waals surface area contributed by atoms with Crippen LogP contribution < -0.4 is 10.6 Å². The van der Waals surface area contributed by atoms with Crippen LogP contribution in [0.2, 0.25) is 0 Å². The van der Waals surface area contributed by atoms with Crippen molar-refractivity contribution in [2.45, 2.75) is 38.8 Å². The zero-order valence-corrected chi connectivity index (χ0v) is 16.3. The summed E-state index contributed by atoms with van der Waals surface area (Å²) in [5.41, 5.74) is 1.21. The lowest BCUT2D eigenvalue weighted by Crippen LogP contribution is -2.39. The van der Waals surface area contributed by atoms with Crippen LogP contribution in [0.5, 0.6) is 0 Å². The zero-order valence-electron chi connectivity index (χ0n) is 13.8. The third kappa shape index (κ3) is 5.31. The Kier molecular flexibility index (Phi) is 8.25. The molecule has 2 rings (SSSR count). The molecule has 0 spiro atoms. The quantitative estimate of drug-likeness (QED) is 0.576. The van der Waals surface area contributed by atoms with Crippen LogP contribution in [0.3, 0.4) is 0 Å². The number of aryl methyl sites for hydroxylation is 2.